The van der Waals surface area contributed by atoms with Crippen molar-refractivity contribution >= 4 is 11.9 Å². The number of ether oxygens (including phenoxy) is 2. The summed E-state index contributed by atoms with van der Waals surface area (Å²) in [5.74, 6) is 0.0263. The van der Waals surface area contributed by atoms with Crippen LogP contribution in [0.5, 0.6) is 0 Å². The quantitative estimate of drug-likeness (QED) is 0.817. The van der Waals surface area contributed by atoms with Crippen LogP contribution in [0.1, 0.15) is 24.1 Å². The maximum Gasteiger partial charge on any atom is 0.352 e. The van der Waals surface area contributed by atoms with Crippen molar-refractivity contribution in [3.8, 4) is 0 Å². The Balaban J connectivity index is 2.05. The molecule has 0 aromatic heterocycles. The van der Waals surface area contributed by atoms with Crippen molar-refractivity contribution in [3.63, 3.8) is 0 Å². The SMILES string of the molecule is COC(=O)[C@]1(C)OC(c2ccccc2)=N[C@H]1c1ccccc1. The van der Waals surface area contributed by atoms with Gasteiger partial charge < -0.3 is 9.47 Å². The molecule has 4 heteroatoms. The summed E-state index contributed by atoms with van der Waals surface area (Å²) in [4.78, 5) is 16.9. The summed E-state index contributed by atoms with van der Waals surface area (Å²) in [6.07, 6.45) is 0. The Bertz CT molecular complexity index is 697. The van der Waals surface area contributed by atoms with Gasteiger partial charge in [-0.1, -0.05) is 48.5 Å². The number of aliphatic imine (C=N–C) groups is 1. The molecule has 112 valence electrons. The van der Waals surface area contributed by atoms with E-state index in [2.05, 4.69) is 4.99 Å². The van der Waals surface area contributed by atoms with Crippen LogP contribution >= 0.6 is 0 Å². The summed E-state index contributed by atoms with van der Waals surface area (Å²) in [7, 11) is 1.36. The third-order valence-electron chi connectivity index (χ3n) is 3.80. The highest BCUT2D eigenvalue weighted by Crippen LogP contribution is 2.40. The number of hydrogen-bond acceptors (Lipinski definition) is 4. The second kappa shape index (κ2) is 5.64. The molecule has 0 bridgehead atoms. The molecule has 0 radical (unpaired) electrons. The zero-order valence-electron chi connectivity index (χ0n) is 12.5. The van der Waals surface area contributed by atoms with Crippen LogP contribution in [-0.2, 0) is 14.3 Å². The Morgan fingerprint density at radius 1 is 1.09 bits per heavy atom. The van der Waals surface area contributed by atoms with Crippen LogP contribution in [-0.4, -0.2) is 24.6 Å². The van der Waals surface area contributed by atoms with Gasteiger partial charge in [0.2, 0.25) is 11.5 Å². The summed E-state index contributed by atoms with van der Waals surface area (Å²) in [6.45, 7) is 1.72. The molecule has 2 aromatic rings. The Labute approximate surface area is 129 Å². The standard InChI is InChI=1S/C18H17NO3/c1-18(17(20)21-2)15(13-9-5-3-6-10-13)19-16(22-18)14-11-7-4-8-12-14/h3-12,15H,1-2H3/t15-,18+/m0/s1. The molecule has 1 aliphatic heterocycles. The van der Waals surface area contributed by atoms with Gasteiger partial charge >= 0.3 is 5.97 Å². The lowest BCUT2D eigenvalue weighted by Crippen LogP contribution is -2.42. The fourth-order valence-corrected chi connectivity index (χ4v) is 2.62. The maximum absolute atomic E-state index is 12.3. The van der Waals surface area contributed by atoms with Gasteiger partial charge in [0.25, 0.3) is 0 Å². The highest BCUT2D eigenvalue weighted by Gasteiger charge is 2.51. The summed E-state index contributed by atoms with van der Waals surface area (Å²) >= 11 is 0. The third-order valence-corrected chi connectivity index (χ3v) is 3.80. The van der Waals surface area contributed by atoms with Gasteiger partial charge in [-0.3, -0.25) is 0 Å². The van der Waals surface area contributed by atoms with Crippen LogP contribution in [0.2, 0.25) is 0 Å². The minimum absolute atomic E-state index is 0.434. The van der Waals surface area contributed by atoms with Crippen molar-refractivity contribution in [2.45, 2.75) is 18.6 Å². The normalized spacial score (nSPS) is 23.5. The highest BCUT2D eigenvalue weighted by molar-refractivity contribution is 5.99. The lowest BCUT2D eigenvalue weighted by atomic mass is 9.91. The number of carbonyl (C=O) groups is 1. The minimum Gasteiger partial charge on any atom is -0.466 e. The molecular weight excluding hydrogens is 278 g/mol. The molecule has 1 heterocycles. The molecular formula is C18H17NO3. The van der Waals surface area contributed by atoms with Gasteiger partial charge in [0.05, 0.1) is 7.11 Å². The Kier molecular flexibility index (Phi) is 3.67. The summed E-state index contributed by atoms with van der Waals surface area (Å²) in [5, 5.41) is 0. The first kappa shape index (κ1) is 14.3. The number of nitrogens with zero attached hydrogens (tertiary/aromatic N) is 1. The number of rotatable bonds is 3. The van der Waals surface area contributed by atoms with E-state index in [4.69, 9.17) is 9.47 Å². The zero-order valence-corrected chi connectivity index (χ0v) is 12.5. The summed E-state index contributed by atoms with van der Waals surface area (Å²) < 4.78 is 10.9. The van der Waals surface area contributed by atoms with E-state index in [9.17, 15) is 4.79 Å². The van der Waals surface area contributed by atoms with Gasteiger partial charge in [-0.25, -0.2) is 9.79 Å². The topological polar surface area (TPSA) is 47.9 Å². The van der Waals surface area contributed by atoms with Gasteiger partial charge in [0, 0.05) is 5.56 Å². The van der Waals surface area contributed by atoms with Crippen molar-refractivity contribution in [2.24, 2.45) is 4.99 Å². The van der Waals surface area contributed by atoms with E-state index in [0.29, 0.717) is 5.90 Å². The smallest absolute Gasteiger partial charge is 0.352 e. The Morgan fingerprint density at radius 2 is 1.68 bits per heavy atom. The van der Waals surface area contributed by atoms with Crippen LogP contribution < -0.4 is 0 Å². The van der Waals surface area contributed by atoms with Crippen LogP contribution in [0.3, 0.4) is 0 Å². The van der Waals surface area contributed by atoms with Crippen LogP contribution in [0, 0.1) is 0 Å². The lowest BCUT2D eigenvalue weighted by Gasteiger charge is -2.26. The van der Waals surface area contributed by atoms with E-state index in [1.54, 1.807) is 6.92 Å². The van der Waals surface area contributed by atoms with Crippen LogP contribution in [0.25, 0.3) is 0 Å². The Hall–Kier alpha value is -2.62. The van der Waals surface area contributed by atoms with Crippen molar-refractivity contribution in [3.05, 3.63) is 71.8 Å². The van der Waals surface area contributed by atoms with Gasteiger partial charge in [-0.2, -0.15) is 0 Å². The van der Waals surface area contributed by atoms with Gasteiger partial charge in [-0.15, -0.1) is 0 Å². The second-order valence-electron chi connectivity index (χ2n) is 5.31. The third kappa shape index (κ3) is 2.37. The van der Waals surface area contributed by atoms with E-state index in [1.165, 1.54) is 7.11 Å². The van der Waals surface area contributed by atoms with E-state index < -0.39 is 17.6 Å². The molecule has 3 rings (SSSR count). The summed E-state index contributed by atoms with van der Waals surface area (Å²) in [6, 6.07) is 18.8. The molecule has 0 amide bonds. The number of hydrogen-bond donors (Lipinski definition) is 0. The minimum atomic E-state index is -1.17. The Morgan fingerprint density at radius 3 is 2.27 bits per heavy atom. The van der Waals surface area contributed by atoms with E-state index in [0.717, 1.165) is 11.1 Å². The number of methoxy groups -OCH3 is 1. The predicted molar refractivity (Wildman–Crippen MR) is 83.7 cm³/mol. The number of benzene rings is 2. The fourth-order valence-electron chi connectivity index (χ4n) is 2.62. The largest absolute Gasteiger partial charge is 0.466 e. The molecule has 0 spiro atoms. The second-order valence-corrected chi connectivity index (χ2v) is 5.31. The lowest BCUT2D eigenvalue weighted by molar-refractivity contribution is -0.158. The molecule has 2 atom stereocenters. The monoisotopic (exact) mass is 295 g/mol. The first-order valence-corrected chi connectivity index (χ1v) is 7.11. The molecule has 0 saturated heterocycles. The molecule has 22 heavy (non-hydrogen) atoms. The van der Waals surface area contributed by atoms with Gasteiger partial charge in [0.1, 0.15) is 6.04 Å². The molecule has 0 N–H and O–H groups in total. The van der Waals surface area contributed by atoms with Gasteiger partial charge in [0.15, 0.2) is 0 Å². The van der Waals surface area contributed by atoms with Crippen molar-refractivity contribution in [1.29, 1.82) is 0 Å². The van der Waals surface area contributed by atoms with Crippen molar-refractivity contribution < 1.29 is 14.3 Å². The fraction of sp³-hybridized carbons (Fsp3) is 0.222. The van der Waals surface area contributed by atoms with Crippen molar-refractivity contribution in [1.82, 2.24) is 0 Å². The zero-order chi connectivity index (χ0) is 15.6. The molecule has 2 aromatic carbocycles. The summed E-state index contributed by atoms with van der Waals surface area (Å²) in [5.41, 5.74) is 0.596. The highest BCUT2D eigenvalue weighted by atomic mass is 16.6. The van der Waals surface area contributed by atoms with E-state index >= 15 is 0 Å². The molecule has 0 fully saturated rings. The molecule has 0 aliphatic carbocycles. The number of carbonyl (C=O) groups excluding carboxylic acids is 1. The van der Waals surface area contributed by atoms with Crippen LogP contribution in [0.15, 0.2) is 65.7 Å². The molecule has 0 unspecified atom stereocenters. The van der Waals surface area contributed by atoms with Crippen molar-refractivity contribution in [2.75, 3.05) is 7.11 Å². The molecule has 4 nitrogen and oxygen atoms in total. The first-order valence-electron chi connectivity index (χ1n) is 7.11. The molecule has 0 saturated carbocycles. The number of esters is 1. The average molecular weight is 295 g/mol. The van der Waals surface area contributed by atoms with Crippen LogP contribution in [0.4, 0.5) is 0 Å². The predicted octanol–water partition coefficient (Wildman–Crippen LogP) is 3.14. The first-order chi connectivity index (χ1) is 10.6. The van der Waals surface area contributed by atoms with E-state index in [1.807, 2.05) is 60.7 Å². The maximum atomic E-state index is 12.3. The van der Waals surface area contributed by atoms with Gasteiger partial charge in [-0.05, 0) is 24.6 Å². The molecule has 1 aliphatic rings. The average Bonchev–Trinajstić information content (AvgIpc) is 2.95. The van der Waals surface area contributed by atoms with E-state index in [-0.39, 0.29) is 0 Å².